The third-order valence-corrected chi connectivity index (χ3v) is 4.46. The second-order valence-corrected chi connectivity index (χ2v) is 5.89. The van der Waals surface area contributed by atoms with Crippen molar-refractivity contribution in [3.05, 3.63) is 11.9 Å². The first kappa shape index (κ1) is 14.0. The fourth-order valence-corrected chi connectivity index (χ4v) is 3.28. The van der Waals surface area contributed by atoms with Crippen LogP contribution in [-0.4, -0.2) is 70.1 Å². The Morgan fingerprint density at radius 1 is 1.30 bits per heavy atom. The van der Waals surface area contributed by atoms with E-state index in [0.29, 0.717) is 0 Å². The van der Waals surface area contributed by atoms with E-state index in [1.54, 1.807) is 0 Å². The van der Waals surface area contributed by atoms with Gasteiger partial charge in [-0.05, 0) is 25.9 Å². The van der Waals surface area contributed by atoms with Crippen LogP contribution in [-0.2, 0) is 13.1 Å². The summed E-state index contributed by atoms with van der Waals surface area (Å²) in [6, 6.07) is 0.809. The van der Waals surface area contributed by atoms with Gasteiger partial charge in [0.2, 0.25) is 0 Å². The van der Waals surface area contributed by atoms with Crippen LogP contribution < -0.4 is 5.32 Å². The van der Waals surface area contributed by atoms with Crippen LogP contribution in [0.4, 0.5) is 0 Å². The number of rotatable bonds is 6. The third-order valence-electron chi connectivity index (χ3n) is 4.46. The van der Waals surface area contributed by atoms with Crippen LogP contribution in [0.25, 0.3) is 0 Å². The average molecular weight is 278 g/mol. The highest BCUT2D eigenvalue weighted by atomic mass is 15.4. The van der Waals surface area contributed by atoms with Crippen molar-refractivity contribution in [1.82, 2.24) is 30.1 Å². The predicted octanol–water partition coefficient (Wildman–Crippen LogP) is 0.168. The molecule has 3 rings (SSSR count). The minimum atomic E-state index is 0.809. The first-order valence-electron chi connectivity index (χ1n) is 7.91. The number of piperazine rings is 1. The second kappa shape index (κ2) is 6.65. The van der Waals surface area contributed by atoms with Gasteiger partial charge in [0.05, 0.1) is 12.2 Å². The predicted molar refractivity (Wildman–Crippen MR) is 78.4 cm³/mol. The van der Waals surface area contributed by atoms with Gasteiger partial charge in [-0.1, -0.05) is 12.1 Å². The summed E-state index contributed by atoms with van der Waals surface area (Å²) >= 11 is 0. The molecular formula is C14H26N6. The summed E-state index contributed by atoms with van der Waals surface area (Å²) in [7, 11) is 0. The lowest BCUT2D eigenvalue weighted by molar-refractivity contribution is 0.101. The Morgan fingerprint density at radius 2 is 2.25 bits per heavy atom. The quantitative estimate of drug-likeness (QED) is 0.804. The van der Waals surface area contributed by atoms with Crippen LogP contribution >= 0.6 is 0 Å². The van der Waals surface area contributed by atoms with Gasteiger partial charge >= 0.3 is 0 Å². The Morgan fingerprint density at radius 3 is 3.15 bits per heavy atom. The van der Waals surface area contributed by atoms with E-state index in [4.69, 9.17) is 0 Å². The van der Waals surface area contributed by atoms with E-state index >= 15 is 0 Å². The van der Waals surface area contributed by atoms with Crippen molar-refractivity contribution in [3.8, 4) is 0 Å². The first-order chi connectivity index (χ1) is 9.85. The SMILES string of the molecule is CCNCc1cn(CCN2CCN3CCCC3C2)nn1. The lowest BCUT2D eigenvalue weighted by Gasteiger charge is -2.37. The molecule has 0 amide bonds. The normalized spacial score (nSPS) is 24.1. The third kappa shape index (κ3) is 3.37. The maximum Gasteiger partial charge on any atom is 0.0964 e. The highest BCUT2D eigenvalue weighted by Gasteiger charge is 2.30. The summed E-state index contributed by atoms with van der Waals surface area (Å²) in [5.41, 5.74) is 1.03. The van der Waals surface area contributed by atoms with Gasteiger partial charge in [-0.2, -0.15) is 0 Å². The van der Waals surface area contributed by atoms with Crippen molar-refractivity contribution < 1.29 is 0 Å². The number of fused-ring (bicyclic) bond motifs is 1. The summed E-state index contributed by atoms with van der Waals surface area (Å²) in [5, 5.41) is 11.7. The molecule has 6 nitrogen and oxygen atoms in total. The van der Waals surface area contributed by atoms with Gasteiger partial charge in [-0.25, -0.2) is 0 Å². The van der Waals surface area contributed by atoms with Crippen LogP contribution in [0.2, 0.25) is 0 Å². The number of aromatic nitrogens is 3. The number of hydrogen-bond acceptors (Lipinski definition) is 5. The molecule has 1 unspecified atom stereocenters. The molecule has 0 spiro atoms. The molecule has 3 heterocycles. The van der Waals surface area contributed by atoms with E-state index in [1.165, 1.54) is 39.0 Å². The topological polar surface area (TPSA) is 49.2 Å². The van der Waals surface area contributed by atoms with Gasteiger partial charge in [0, 0.05) is 45.0 Å². The summed E-state index contributed by atoms with van der Waals surface area (Å²) in [6.45, 7) is 10.9. The van der Waals surface area contributed by atoms with Gasteiger partial charge in [0.25, 0.3) is 0 Å². The molecule has 0 aliphatic carbocycles. The Kier molecular flexibility index (Phi) is 4.65. The van der Waals surface area contributed by atoms with Gasteiger partial charge in [-0.3, -0.25) is 14.5 Å². The number of nitrogens with one attached hydrogen (secondary N) is 1. The fourth-order valence-electron chi connectivity index (χ4n) is 3.28. The van der Waals surface area contributed by atoms with E-state index in [0.717, 1.165) is 37.9 Å². The van der Waals surface area contributed by atoms with Crippen molar-refractivity contribution in [2.75, 3.05) is 39.3 Å². The molecule has 1 aromatic rings. The van der Waals surface area contributed by atoms with Crippen LogP contribution in [0.5, 0.6) is 0 Å². The highest BCUT2D eigenvalue weighted by molar-refractivity contribution is 4.92. The average Bonchev–Trinajstić information content (AvgIpc) is 3.11. The minimum Gasteiger partial charge on any atom is -0.311 e. The van der Waals surface area contributed by atoms with Gasteiger partial charge in [-0.15, -0.1) is 5.10 Å². The molecular weight excluding hydrogens is 252 g/mol. The maximum absolute atomic E-state index is 4.21. The molecule has 2 fully saturated rings. The van der Waals surface area contributed by atoms with Crippen molar-refractivity contribution in [2.24, 2.45) is 0 Å². The zero-order valence-corrected chi connectivity index (χ0v) is 12.5. The van der Waals surface area contributed by atoms with E-state index in [9.17, 15) is 0 Å². The molecule has 2 saturated heterocycles. The lowest BCUT2D eigenvalue weighted by Crippen LogP contribution is -2.50. The van der Waals surface area contributed by atoms with Gasteiger partial charge in [0.1, 0.15) is 0 Å². The molecule has 1 atom stereocenters. The summed E-state index contributed by atoms with van der Waals surface area (Å²) in [4.78, 5) is 5.23. The molecule has 0 saturated carbocycles. The molecule has 0 bridgehead atoms. The molecule has 112 valence electrons. The Hall–Kier alpha value is -0.980. The fraction of sp³-hybridized carbons (Fsp3) is 0.857. The van der Waals surface area contributed by atoms with E-state index in [1.807, 2.05) is 4.68 Å². The van der Waals surface area contributed by atoms with Crippen molar-refractivity contribution in [2.45, 2.75) is 38.9 Å². The smallest absolute Gasteiger partial charge is 0.0964 e. The maximum atomic E-state index is 4.21. The molecule has 2 aliphatic heterocycles. The largest absolute Gasteiger partial charge is 0.311 e. The number of hydrogen-bond donors (Lipinski definition) is 1. The number of nitrogens with zero attached hydrogens (tertiary/aromatic N) is 5. The summed E-state index contributed by atoms with van der Waals surface area (Å²) < 4.78 is 1.98. The Labute approximate surface area is 121 Å². The summed E-state index contributed by atoms with van der Waals surface area (Å²) in [6.07, 6.45) is 4.83. The minimum absolute atomic E-state index is 0.809. The van der Waals surface area contributed by atoms with Crippen LogP contribution in [0.15, 0.2) is 6.20 Å². The second-order valence-electron chi connectivity index (χ2n) is 5.89. The molecule has 2 aliphatic rings. The van der Waals surface area contributed by atoms with E-state index < -0.39 is 0 Å². The van der Waals surface area contributed by atoms with Crippen LogP contribution in [0.1, 0.15) is 25.5 Å². The Bertz CT molecular complexity index is 418. The molecule has 1 aromatic heterocycles. The van der Waals surface area contributed by atoms with E-state index in [2.05, 4.69) is 38.5 Å². The summed E-state index contributed by atoms with van der Waals surface area (Å²) in [5.74, 6) is 0. The molecule has 0 aromatic carbocycles. The molecule has 0 radical (unpaired) electrons. The van der Waals surface area contributed by atoms with Crippen LogP contribution in [0, 0.1) is 0 Å². The monoisotopic (exact) mass is 278 g/mol. The van der Waals surface area contributed by atoms with Gasteiger partial charge in [0.15, 0.2) is 0 Å². The highest BCUT2D eigenvalue weighted by Crippen LogP contribution is 2.21. The molecule has 6 heteroatoms. The van der Waals surface area contributed by atoms with E-state index in [-0.39, 0.29) is 0 Å². The van der Waals surface area contributed by atoms with Crippen LogP contribution in [0.3, 0.4) is 0 Å². The van der Waals surface area contributed by atoms with Crippen molar-refractivity contribution in [1.29, 1.82) is 0 Å². The Balaban J connectivity index is 1.43. The molecule has 1 N–H and O–H groups in total. The zero-order chi connectivity index (χ0) is 13.8. The van der Waals surface area contributed by atoms with Crippen molar-refractivity contribution in [3.63, 3.8) is 0 Å². The zero-order valence-electron chi connectivity index (χ0n) is 12.5. The van der Waals surface area contributed by atoms with Gasteiger partial charge < -0.3 is 5.32 Å². The molecule has 20 heavy (non-hydrogen) atoms. The standard InChI is InChI=1S/C14H26N6/c1-2-15-10-13-11-20(17-16-13)9-7-18-6-8-19-5-3-4-14(19)12-18/h11,14-15H,2-10,12H2,1H3. The lowest BCUT2D eigenvalue weighted by atomic mass is 10.1. The van der Waals surface area contributed by atoms with Crippen molar-refractivity contribution >= 4 is 0 Å². The first-order valence-corrected chi connectivity index (χ1v) is 7.91.